The number of carboxylic acid groups (broad SMARTS) is 1. The molecule has 2 rings (SSSR count). The number of ether oxygens (including phenoxy) is 1. The molecule has 0 aliphatic heterocycles. The monoisotopic (exact) mass is 362 g/mol. The maximum atomic E-state index is 12.5. The number of rotatable bonds is 4. The highest BCUT2D eigenvalue weighted by Gasteiger charge is 2.32. The number of aromatic carboxylic acids is 1. The highest BCUT2D eigenvalue weighted by molar-refractivity contribution is 6.31. The van der Waals surface area contributed by atoms with Gasteiger partial charge in [-0.05, 0) is 12.1 Å². The first-order chi connectivity index (χ1) is 11.1. The summed E-state index contributed by atoms with van der Waals surface area (Å²) in [6, 6.07) is 3.39. The van der Waals surface area contributed by atoms with E-state index in [-0.39, 0.29) is 5.75 Å². The first kappa shape index (κ1) is 17.5. The Labute approximate surface area is 136 Å². The van der Waals surface area contributed by atoms with Gasteiger partial charge in [-0.2, -0.15) is 13.2 Å². The number of carbonyl (C=O) groups is 1. The number of carboxylic acids is 1. The molecule has 0 fully saturated rings. The third-order valence-corrected chi connectivity index (χ3v) is 3.02. The number of hydrogen-bond donors (Lipinski definition) is 1. The molecule has 0 aliphatic carbocycles. The van der Waals surface area contributed by atoms with Gasteiger partial charge < -0.3 is 9.84 Å². The molecule has 1 N–H and O–H groups in total. The summed E-state index contributed by atoms with van der Waals surface area (Å²) in [6.45, 7) is 0. The van der Waals surface area contributed by atoms with E-state index in [1.807, 2.05) is 0 Å². The lowest BCUT2D eigenvalue weighted by atomic mass is 10.1. The molecule has 0 saturated carbocycles. The Balaban J connectivity index is 2.37. The molecule has 2 aromatic rings. The molecule has 11 heteroatoms. The van der Waals surface area contributed by atoms with Crippen LogP contribution in [0.1, 0.15) is 15.9 Å². The molecule has 1 heterocycles. The van der Waals surface area contributed by atoms with Crippen LogP contribution in [0.5, 0.6) is 11.6 Å². The van der Waals surface area contributed by atoms with Crippen molar-refractivity contribution in [2.24, 2.45) is 0 Å². The van der Waals surface area contributed by atoms with Crippen LogP contribution < -0.4 is 4.74 Å². The van der Waals surface area contributed by atoms with E-state index < -0.39 is 44.8 Å². The SMILES string of the molecule is O=C(O)c1cc(Oc2ncc(C(F)(F)F)cc2Cl)ccc1[N+](=O)[O-]. The second-order valence-electron chi connectivity index (χ2n) is 4.35. The van der Waals surface area contributed by atoms with E-state index in [0.717, 1.165) is 18.2 Å². The Hall–Kier alpha value is -2.88. The Morgan fingerprint density at radius 3 is 2.50 bits per heavy atom. The van der Waals surface area contributed by atoms with E-state index >= 15 is 0 Å². The number of nitro groups is 1. The number of pyridine rings is 1. The smallest absolute Gasteiger partial charge is 0.417 e. The highest BCUT2D eigenvalue weighted by atomic mass is 35.5. The zero-order valence-corrected chi connectivity index (χ0v) is 12.1. The summed E-state index contributed by atoms with van der Waals surface area (Å²) in [4.78, 5) is 24.3. The fourth-order valence-electron chi connectivity index (χ4n) is 1.68. The van der Waals surface area contributed by atoms with Gasteiger partial charge in [-0.3, -0.25) is 10.1 Å². The van der Waals surface area contributed by atoms with E-state index in [9.17, 15) is 28.1 Å². The van der Waals surface area contributed by atoms with Gasteiger partial charge >= 0.3 is 12.1 Å². The normalized spacial score (nSPS) is 11.2. The summed E-state index contributed by atoms with van der Waals surface area (Å²) in [7, 11) is 0. The van der Waals surface area contributed by atoms with Crippen LogP contribution in [0.4, 0.5) is 18.9 Å². The van der Waals surface area contributed by atoms with Crippen molar-refractivity contribution >= 4 is 23.3 Å². The molecule has 24 heavy (non-hydrogen) atoms. The zero-order chi connectivity index (χ0) is 18.1. The van der Waals surface area contributed by atoms with E-state index in [1.54, 1.807) is 0 Å². The minimum atomic E-state index is -4.64. The maximum Gasteiger partial charge on any atom is 0.417 e. The third kappa shape index (κ3) is 3.71. The third-order valence-electron chi connectivity index (χ3n) is 2.74. The minimum Gasteiger partial charge on any atom is -0.477 e. The van der Waals surface area contributed by atoms with Gasteiger partial charge in [0.15, 0.2) is 0 Å². The van der Waals surface area contributed by atoms with Crippen LogP contribution in [0, 0.1) is 10.1 Å². The fourth-order valence-corrected chi connectivity index (χ4v) is 1.88. The molecular weight excluding hydrogens is 357 g/mol. The van der Waals surface area contributed by atoms with Gasteiger partial charge in [-0.25, -0.2) is 9.78 Å². The molecule has 0 unspecified atom stereocenters. The largest absolute Gasteiger partial charge is 0.477 e. The molecular formula is C13H6ClF3N2O5. The van der Waals surface area contributed by atoms with Crippen molar-refractivity contribution in [1.29, 1.82) is 0 Å². The second-order valence-corrected chi connectivity index (χ2v) is 4.76. The summed E-state index contributed by atoms with van der Waals surface area (Å²) >= 11 is 5.66. The van der Waals surface area contributed by atoms with E-state index in [4.69, 9.17) is 21.4 Å². The lowest BCUT2D eigenvalue weighted by Crippen LogP contribution is -2.06. The van der Waals surface area contributed by atoms with Gasteiger partial charge in [0, 0.05) is 18.3 Å². The van der Waals surface area contributed by atoms with Gasteiger partial charge in [0.2, 0.25) is 5.88 Å². The van der Waals surface area contributed by atoms with E-state index in [2.05, 4.69) is 4.98 Å². The van der Waals surface area contributed by atoms with Crippen LogP contribution >= 0.6 is 11.6 Å². The molecule has 0 radical (unpaired) electrons. The fraction of sp³-hybridized carbons (Fsp3) is 0.0769. The van der Waals surface area contributed by atoms with Crippen molar-refractivity contribution in [3.05, 3.63) is 56.7 Å². The summed E-state index contributed by atoms with van der Waals surface area (Å²) in [6.07, 6.45) is -4.15. The first-order valence-electron chi connectivity index (χ1n) is 6.02. The lowest BCUT2D eigenvalue weighted by molar-refractivity contribution is -0.385. The van der Waals surface area contributed by atoms with Crippen molar-refractivity contribution in [3.8, 4) is 11.6 Å². The predicted octanol–water partition coefficient (Wildman–Crippen LogP) is 4.15. The molecule has 0 amide bonds. The minimum absolute atomic E-state index is 0.188. The number of hydrogen-bond acceptors (Lipinski definition) is 5. The van der Waals surface area contributed by atoms with Crippen LogP contribution in [0.15, 0.2) is 30.5 Å². The van der Waals surface area contributed by atoms with Crippen molar-refractivity contribution in [2.75, 3.05) is 0 Å². The Kier molecular flexibility index (Phi) is 4.60. The Morgan fingerprint density at radius 1 is 1.33 bits per heavy atom. The lowest BCUT2D eigenvalue weighted by Gasteiger charge is -2.10. The molecule has 1 aromatic heterocycles. The average molecular weight is 363 g/mol. The number of benzene rings is 1. The number of nitrogens with zero attached hydrogens (tertiary/aromatic N) is 2. The zero-order valence-electron chi connectivity index (χ0n) is 11.4. The van der Waals surface area contributed by atoms with Crippen molar-refractivity contribution in [1.82, 2.24) is 4.98 Å². The van der Waals surface area contributed by atoms with E-state index in [1.165, 1.54) is 0 Å². The van der Waals surface area contributed by atoms with Crippen molar-refractivity contribution in [2.45, 2.75) is 6.18 Å². The molecule has 1 aromatic carbocycles. The van der Waals surface area contributed by atoms with Crippen LogP contribution in [0.25, 0.3) is 0 Å². The molecule has 7 nitrogen and oxygen atoms in total. The number of nitro benzene ring substituents is 1. The Morgan fingerprint density at radius 2 is 2.00 bits per heavy atom. The number of aromatic nitrogens is 1. The quantitative estimate of drug-likeness (QED) is 0.647. The van der Waals surface area contributed by atoms with Crippen LogP contribution in [-0.4, -0.2) is 21.0 Å². The highest BCUT2D eigenvalue weighted by Crippen LogP contribution is 2.35. The summed E-state index contributed by atoms with van der Waals surface area (Å²) in [5.74, 6) is -2.17. The molecule has 0 bridgehead atoms. The average Bonchev–Trinajstić information content (AvgIpc) is 2.47. The van der Waals surface area contributed by atoms with Gasteiger partial charge in [0.05, 0.1) is 10.5 Å². The number of alkyl halides is 3. The van der Waals surface area contributed by atoms with Crippen LogP contribution in [0.2, 0.25) is 5.02 Å². The van der Waals surface area contributed by atoms with Crippen LogP contribution in [0.3, 0.4) is 0 Å². The first-order valence-corrected chi connectivity index (χ1v) is 6.39. The summed E-state index contributed by atoms with van der Waals surface area (Å²) < 4.78 is 42.7. The van der Waals surface area contributed by atoms with Crippen LogP contribution in [-0.2, 0) is 6.18 Å². The van der Waals surface area contributed by atoms with Gasteiger partial charge in [-0.1, -0.05) is 11.6 Å². The van der Waals surface area contributed by atoms with E-state index in [0.29, 0.717) is 12.3 Å². The molecule has 126 valence electrons. The maximum absolute atomic E-state index is 12.5. The molecule has 0 spiro atoms. The van der Waals surface area contributed by atoms with Gasteiger partial charge in [-0.15, -0.1) is 0 Å². The Bertz CT molecular complexity index is 826. The molecule has 0 atom stereocenters. The van der Waals surface area contributed by atoms with Gasteiger partial charge in [0.25, 0.3) is 5.69 Å². The van der Waals surface area contributed by atoms with Crippen molar-refractivity contribution in [3.63, 3.8) is 0 Å². The standard InChI is InChI=1S/C13H6ClF3N2O5/c14-9-3-6(13(15,16)17)5-18-11(9)24-7-1-2-10(19(22)23)8(4-7)12(20)21/h1-5H,(H,20,21). The molecule has 0 saturated heterocycles. The predicted molar refractivity (Wildman–Crippen MR) is 74.4 cm³/mol. The second kappa shape index (κ2) is 6.32. The van der Waals surface area contributed by atoms with Gasteiger partial charge in [0.1, 0.15) is 16.3 Å². The summed E-state index contributed by atoms with van der Waals surface area (Å²) in [5.41, 5.74) is -2.41. The number of halogens is 4. The topological polar surface area (TPSA) is 103 Å². The molecule has 0 aliphatic rings. The summed E-state index contributed by atoms with van der Waals surface area (Å²) in [5, 5.41) is 19.2. The van der Waals surface area contributed by atoms with Crippen molar-refractivity contribution < 1.29 is 32.7 Å².